The minimum atomic E-state index is -0.163. The standard InChI is InChI=1S/C27H26Cl2N2O2S/c1-17-8-5-6-13-22(17)31-26(32)24(34-27(31)30-18-9-3-2-4-10-18)16-19-14-15-23(33-19)20-11-7-12-21(28)25(20)29/h2-4,7,9-12,14-17,22,27,30H,5-6,8,13H2,1H3/b24-16-/t17-,22-,27?/m1/s1. The Labute approximate surface area is 214 Å². The van der Waals surface area contributed by atoms with E-state index >= 15 is 0 Å². The first-order chi connectivity index (χ1) is 16.5. The molecule has 1 saturated heterocycles. The van der Waals surface area contributed by atoms with Gasteiger partial charge in [-0.1, -0.05) is 79.0 Å². The third-order valence-corrected chi connectivity index (χ3v) is 8.47. The molecule has 1 N–H and O–H groups in total. The van der Waals surface area contributed by atoms with Gasteiger partial charge in [0.1, 0.15) is 11.5 Å². The number of benzene rings is 2. The molecule has 2 aliphatic rings. The highest BCUT2D eigenvalue weighted by Crippen LogP contribution is 2.42. The first kappa shape index (κ1) is 23.4. The number of nitrogens with zero attached hydrogens (tertiary/aromatic N) is 1. The summed E-state index contributed by atoms with van der Waals surface area (Å²) in [5.74, 6) is 1.75. The first-order valence-electron chi connectivity index (χ1n) is 11.6. The van der Waals surface area contributed by atoms with E-state index < -0.39 is 0 Å². The number of para-hydroxylation sites is 1. The smallest absolute Gasteiger partial charge is 0.263 e. The van der Waals surface area contributed by atoms with Crippen LogP contribution in [0.3, 0.4) is 0 Å². The molecule has 34 heavy (non-hydrogen) atoms. The van der Waals surface area contributed by atoms with Gasteiger partial charge < -0.3 is 14.6 Å². The molecule has 0 bridgehead atoms. The lowest BCUT2D eigenvalue weighted by Crippen LogP contribution is -2.48. The van der Waals surface area contributed by atoms with Crippen LogP contribution in [0.5, 0.6) is 0 Å². The van der Waals surface area contributed by atoms with Gasteiger partial charge in [-0.3, -0.25) is 4.79 Å². The number of halogens is 2. The van der Waals surface area contributed by atoms with Gasteiger partial charge in [-0.25, -0.2) is 0 Å². The van der Waals surface area contributed by atoms with Gasteiger partial charge >= 0.3 is 0 Å². The molecule has 2 fully saturated rings. The average Bonchev–Trinajstić information content (AvgIpc) is 3.42. The molecule has 0 spiro atoms. The van der Waals surface area contributed by atoms with Crippen LogP contribution in [0.1, 0.15) is 38.4 Å². The largest absolute Gasteiger partial charge is 0.457 e. The van der Waals surface area contributed by atoms with Crippen LogP contribution < -0.4 is 5.32 Å². The van der Waals surface area contributed by atoms with Gasteiger partial charge in [0.05, 0.1) is 15.0 Å². The number of rotatable bonds is 5. The SMILES string of the molecule is C[C@@H]1CCCC[C@H]1N1C(=O)/C(=C/c2ccc(-c3cccc(Cl)c3Cl)o2)SC1Nc1ccccc1. The Kier molecular flexibility index (Phi) is 6.96. The zero-order valence-corrected chi connectivity index (χ0v) is 21.2. The monoisotopic (exact) mass is 512 g/mol. The highest BCUT2D eigenvalue weighted by atomic mass is 35.5. The highest BCUT2D eigenvalue weighted by Gasteiger charge is 2.43. The number of hydrogen-bond donors (Lipinski definition) is 1. The molecule has 1 unspecified atom stereocenters. The summed E-state index contributed by atoms with van der Waals surface area (Å²) < 4.78 is 6.05. The van der Waals surface area contributed by atoms with Crippen molar-refractivity contribution in [3.63, 3.8) is 0 Å². The molecule has 3 atom stereocenters. The Balaban J connectivity index is 1.44. The van der Waals surface area contributed by atoms with E-state index in [1.54, 1.807) is 17.8 Å². The summed E-state index contributed by atoms with van der Waals surface area (Å²) >= 11 is 14.1. The topological polar surface area (TPSA) is 45.5 Å². The molecule has 1 saturated carbocycles. The molecule has 1 aliphatic heterocycles. The summed E-state index contributed by atoms with van der Waals surface area (Å²) in [7, 11) is 0. The molecule has 176 valence electrons. The van der Waals surface area contributed by atoms with E-state index in [1.807, 2.05) is 65.6 Å². The third-order valence-electron chi connectivity index (χ3n) is 6.54. The lowest BCUT2D eigenvalue weighted by molar-refractivity contribution is -0.129. The Morgan fingerprint density at radius 3 is 2.62 bits per heavy atom. The molecule has 3 aromatic rings. The van der Waals surface area contributed by atoms with Crippen molar-refractivity contribution in [1.29, 1.82) is 0 Å². The van der Waals surface area contributed by atoms with Gasteiger partial charge in [0.15, 0.2) is 5.50 Å². The average molecular weight is 513 g/mol. The minimum Gasteiger partial charge on any atom is -0.457 e. The lowest BCUT2D eigenvalue weighted by Gasteiger charge is -2.39. The van der Waals surface area contributed by atoms with E-state index in [9.17, 15) is 4.79 Å². The molecule has 7 heteroatoms. The van der Waals surface area contributed by atoms with Crippen LogP contribution in [0.2, 0.25) is 10.0 Å². The fourth-order valence-electron chi connectivity index (χ4n) is 4.77. The van der Waals surface area contributed by atoms with Gasteiger partial charge in [0.2, 0.25) is 0 Å². The van der Waals surface area contributed by atoms with Gasteiger partial charge in [0, 0.05) is 23.4 Å². The summed E-state index contributed by atoms with van der Waals surface area (Å²) in [5, 5.41) is 4.49. The van der Waals surface area contributed by atoms with Crippen LogP contribution in [-0.4, -0.2) is 22.3 Å². The zero-order valence-electron chi connectivity index (χ0n) is 18.8. The Bertz CT molecular complexity index is 1210. The fourth-order valence-corrected chi connectivity index (χ4v) is 6.35. The van der Waals surface area contributed by atoms with Crippen molar-refractivity contribution in [3.8, 4) is 11.3 Å². The van der Waals surface area contributed by atoms with Crippen molar-refractivity contribution >= 4 is 52.6 Å². The van der Waals surface area contributed by atoms with Gasteiger partial charge in [0.25, 0.3) is 5.91 Å². The predicted molar refractivity (Wildman–Crippen MR) is 142 cm³/mol. The Morgan fingerprint density at radius 1 is 1.03 bits per heavy atom. The maximum atomic E-state index is 13.6. The molecule has 1 aromatic heterocycles. The number of carbonyl (C=O) groups excluding carboxylic acids is 1. The summed E-state index contributed by atoms with van der Waals surface area (Å²) in [6.07, 6.45) is 6.40. The van der Waals surface area contributed by atoms with E-state index in [-0.39, 0.29) is 17.4 Å². The second-order valence-corrected chi connectivity index (χ2v) is 10.7. The number of carbonyl (C=O) groups is 1. The lowest BCUT2D eigenvalue weighted by atomic mass is 9.85. The van der Waals surface area contributed by atoms with E-state index in [4.69, 9.17) is 27.6 Å². The highest BCUT2D eigenvalue weighted by molar-refractivity contribution is 8.05. The van der Waals surface area contributed by atoms with Crippen molar-refractivity contribution < 1.29 is 9.21 Å². The van der Waals surface area contributed by atoms with E-state index in [1.165, 1.54) is 6.42 Å². The van der Waals surface area contributed by atoms with Gasteiger partial charge in [-0.2, -0.15) is 0 Å². The van der Waals surface area contributed by atoms with Gasteiger partial charge in [-0.15, -0.1) is 0 Å². The Morgan fingerprint density at radius 2 is 1.82 bits per heavy atom. The van der Waals surface area contributed by atoms with Crippen LogP contribution in [0.4, 0.5) is 5.69 Å². The molecule has 0 radical (unpaired) electrons. The Hall–Kier alpha value is -2.34. The fraction of sp³-hybridized carbons (Fsp3) is 0.296. The molecular formula is C27H26Cl2N2O2S. The molecule has 4 nitrogen and oxygen atoms in total. The van der Waals surface area contributed by atoms with E-state index in [2.05, 4.69) is 12.2 Å². The van der Waals surface area contributed by atoms with E-state index in [0.29, 0.717) is 32.4 Å². The van der Waals surface area contributed by atoms with Crippen molar-refractivity contribution in [2.24, 2.45) is 5.92 Å². The van der Waals surface area contributed by atoms with Crippen molar-refractivity contribution in [2.45, 2.75) is 44.1 Å². The summed E-state index contributed by atoms with van der Waals surface area (Å²) in [5.41, 5.74) is 1.56. The minimum absolute atomic E-state index is 0.0518. The van der Waals surface area contributed by atoms with Gasteiger partial charge in [-0.05, 0) is 55.2 Å². The number of hydrogen-bond acceptors (Lipinski definition) is 4. The molecule has 1 aliphatic carbocycles. The maximum Gasteiger partial charge on any atom is 0.263 e. The normalized spacial score (nSPS) is 24.1. The first-order valence-corrected chi connectivity index (χ1v) is 13.2. The quantitative estimate of drug-likeness (QED) is 0.350. The van der Waals surface area contributed by atoms with Crippen molar-refractivity contribution in [1.82, 2.24) is 4.90 Å². The van der Waals surface area contributed by atoms with Crippen LogP contribution in [0.25, 0.3) is 17.4 Å². The number of thioether (sulfide) groups is 1. The van der Waals surface area contributed by atoms with Crippen LogP contribution >= 0.6 is 35.0 Å². The van der Waals surface area contributed by atoms with E-state index in [0.717, 1.165) is 30.5 Å². The van der Waals surface area contributed by atoms with Crippen molar-refractivity contribution in [2.75, 3.05) is 5.32 Å². The second-order valence-electron chi connectivity index (χ2n) is 8.83. The molecular weight excluding hydrogens is 487 g/mol. The zero-order chi connectivity index (χ0) is 23.7. The summed E-state index contributed by atoms with van der Waals surface area (Å²) in [6.45, 7) is 2.26. The van der Waals surface area contributed by atoms with Crippen LogP contribution in [0, 0.1) is 5.92 Å². The summed E-state index contributed by atoms with van der Waals surface area (Å²) in [4.78, 5) is 16.4. The van der Waals surface area contributed by atoms with Crippen LogP contribution in [-0.2, 0) is 4.79 Å². The van der Waals surface area contributed by atoms with Crippen LogP contribution in [0.15, 0.2) is 70.0 Å². The number of amides is 1. The molecule has 1 amide bonds. The molecule has 2 aromatic carbocycles. The number of furan rings is 1. The number of nitrogens with one attached hydrogen (secondary N) is 1. The third kappa shape index (κ3) is 4.74. The predicted octanol–water partition coefficient (Wildman–Crippen LogP) is 8.14. The maximum absolute atomic E-state index is 13.6. The number of anilines is 1. The van der Waals surface area contributed by atoms with Crippen molar-refractivity contribution in [3.05, 3.63) is 81.4 Å². The second kappa shape index (κ2) is 10.1. The summed E-state index contributed by atoms with van der Waals surface area (Å²) in [6, 6.07) is 19.4. The molecule has 2 heterocycles. The molecule has 5 rings (SSSR count).